The van der Waals surface area contributed by atoms with Crippen molar-refractivity contribution in [3.05, 3.63) is 91.8 Å². The van der Waals surface area contributed by atoms with E-state index in [4.69, 9.17) is 21.1 Å². The first-order valence-corrected chi connectivity index (χ1v) is 11.6. The van der Waals surface area contributed by atoms with Crippen LogP contribution in [0, 0.1) is 9.39 Å². The monoisotopic (exact) mass is 606 g/mol. The van der Waals surface area contributed by atoms with Crippen LogP contribution in [0.5, 0.6) is 11.5 Å². The molecule has 0 spiro atoms. The minimum absolute atomic E-state index is 0.258. The first-order chi connectivity index (χ1) is 16.8. The second-order valence-corrected chi connectivity index (χ2v) is 8.96. The number of para-hydroxylation sites is 1. The van der Waals surface area contributed by atoms with Gasteiger partial charge >= 0.3 is 6.03 Å². The number of barbiturate groups is 1. The van der Waals surface area contributed by atoms with Crippen molar-refractivity contribution in [3.8, 4) is 11.5 Å². The predicted octanol–water partition coefficient (Wildman–Crippen LogP) is 5.34. The first kappa shape index (κ1) is 24.7. The average Bonchev–Trinajstić information content (AvgIpc) is 2.83. The van der Waals surface area contributed by atoms with Crippen LogP contribution < -0.4 is 19.7 Å². The molecule has 0 aliphatic carbocycles. The molecule has 1 N–H and O–H groups in total. The Labute approximate surface area is 218 Å². The fraction of sp³-hybridized carbons (Fsp3) is 0.0800. The van der Waals surface area contributed by atoms with Crippen molar-refractivity contribution in [1.82, 2.24) is 5.32 Å². The molecule has 1 saturated heterocycles. The highest BCUT2D eigenvalue weighted by atomic mass is 127. The molecule has 0 unspecified atom stereocenters. The van der Waals surface area contributed by atoms with E-state index in [0.29, 0.717) is 30.6 Å². The molecule has 1 fully saturated rings. The molecule has 1 aliphatic rings. The molecule has 0 atom stereocenters. The lowest BCUT2D eigenvalue weighted by Gasteiger charge is -2.26. The number of carbonyl (C=O) groups is 3. The number of imide groups is 2. The van der Waals surface area contributed by atoms with Gasteiger partial charge in [0.15, 0.2) is 11.5 Å². The molecule has 0 saturated carbocycles. The summed E-state index contributed by atoms with van der Waals surface area (Å²) in [7, 11) is 1.47. The van der Waals surface area contributed by atoms with E-state index in [0.717, 1.165) is 11.6 Å². The first-order valence-electron chi connectivity index (χ1n) is 10.2. The lowest BCUT2D eigenvalue weighted by molar-refractivity contribution is -0.122. The lowest BCUT2D eigenvalue weighted by Crippen LogP contribution is -2.54. The Morgan fingerprint density at radius 1 is 1.09 bits per heavy atom. The molecule has 1 heterocycles. The number of ether oxygens (including phenoxy) is 2. The molecule has 178 valence electrons. The Morgan fingerprint density at radius 3 is 2.49 bits per heavy atom. The minimum Gasteiger partial charge on any atom is -0.493 e. The summed E-state index contributed by atoms with van der Waals surface area (Å²) < 4.78 is 26.3. The van der Waals surface area contributed by atoms with Crippen molar-refractivity contribution >= 4 is 63.8 Å². The summed E-state index contributed by atoms with van der Waals surface area (Å²) in [6.07, 6.45) is 1.31. The number of nitrogens with zero attached hydrogens (tertiary/aromatic N) is 1. The summed E-state index contributed by atoms with van der Waals surface area (Å²) in [6.45, 7) is 0.268. The highest BCUT2D eigenvalue weighted by Gasteiger charge is 2.38. The number of amides is 4. The normalized spacial score (nSPS) is 14.8. The molecule has 10 heteroatoms. The largest absolute Gasteiger partial charge is 0.493 e. The molecule has 35 heavy (non-hydrogen) atoms. The van der Waals surface area contributed by atoms with Gasteiger partial charge in [-0.25, -0.2) is 14.1 Å². The summed E-state index contributed by atoms with van der Waals surface area (Å²) in [5.41, 5.74) is 0.763. The maximum Gasteiger partial charge on any atom is 0.336 e. The fourth-order valence-electron chi connectivity index (χ4n) is 3.38. The number of benzene rings is 3. The second-order valence-electron chi connectivity index (χ2n) is 7.36. The van der Waals surface area contributed by atoms with E-state index in [1.165, 1.54) is 31.4 Å². The summed E-state index contributed by atoms with van der Waals surface area (Å²) in [5.74, 6) is -1.75. The van der Waals surface area contributed by atoms with E-state index in [1.807, 2.05) is 12.1 Å². The fourth-order valence-corrected chi connectivity index (χ4v) is 4.28. The number of urea groups is 1. The van der Waals surface area contributed by atoms with Crippen LogP contribution in [0.25, 0.3) is 6.08 Å². The van der Waals surface area contributed by atoms with Crippen molar-refractivity contribution < 1.29 is 28.2 Å². The number of anilines is 1. The zero-order chi connectivity index (χ0) is 25.1. The van der Waals surface area contributed by atoms with Crippen LogP contribution in [-0.4, -0.2) is 25.0 Å². The van der Waals surface area contributed by atoms with Crippen LogP contribution in [0.3, 0.4) is 0 Å². The van der Waals surface area contributed by atoms with Gasteiger partial charge in [-0.1, -0.05) is 35.9 Å². The number of methoxy groups -OCH3 is 1. The highest BCUT2D eigenvalue weighted by Crippen LogP contribution is 2.35. The van der Waals surface area contributed by atoms with E-state index < -0.39 is 23.7 Å². The van der Waals surface area contributed by atoms with Crippen LogP contribution in [0.15, 0.2) is 66.2 Å². The minimum atomic E-state index is -1.03. The van der Waals surface area contributed by atoms with Gasteiger partial charge in [-0.05, 0) is 76.2 Å². The third kappa shape index (κ3) is 5.30. The molecular formula is C25H17ClFIN2O5. The van der Waals surface area contributed by atoms with Gasteiger partial charge < -0.3 is 9.47 Å². The summed E-state index contributed by atoms with van der Waals surface area (Å²) in [5, 5.41) is 2.70. The number of halogens is 3. The smallest absolute Gasteiger partial charge is 0.336 e. The molecule has 7 nitrogen and oxygen atoms in total. The molecule has 3 aromatic carbocycles. The van der Waals surface area contributed by atoms with Crippen LogP contribution in [-0.2, 0) is 16.2 Å². The quantitative estimate of drug-likeness (QED) is 0.233. The van der Waals surface area contributed by atoms with Gasteiger partial charge in [0.1, 0.15) is 18.0 Å². The van der Waals surface area contributed by atoms with Crippen molar-refractivity contribution in [2.45, 2.75) is 6.61 Å². The lowest BCUT2D eigenvalue weighted by atomic mass is 10.1. The molecule has 0 radical (unpaired) electrons. The van der Waals surface area contributed by atoms with E-state index in [1.54, 1.807) is 24.3 Å². The van der Waals surface area contributed by atoms with Gasteiger partial charge in [0.25, 0.3) is 11.8 Å². The number of nitrogens with one attached hydrogen (secondary N) is 1. The van der Waals surface area contributed by atoms with Crippen molar-refractivity contribution in [1.29, 1.82) is 0 Å². The average molecular weight is 607 g/mol. The highest BCUT2D eigenvalue weighted by molar-refractivity contribution is 14.1. The van der Waals surface area contributed by atoms with E-state index in [9.17, 15) is 18.8 Å². The molecule has 1 aliphatic heterocycles. The van der Waals surface area contributed by atoms with Crippen LogP contribution in [0.2, 0.25) is 5.02 Å². The van der Waals surface area contributed by atoms with Crippen molar-refractivity contribution in [2.75, 3.05) is 12.0 Å². The summed E-state index contributed by atoms with van der Waals surface area (Å²) >= 11 is 7.97. The third-order valence-corrected chi connectivity index (χ3v) is 6.11. The Morgan fingerprint density at radius 2 is 1.80 bits per heavy atom. The summed E-state index contributed by atoms with van der Waals surface area (Å²) in [6, 6.07) is 14.8. The zero-order valence-corrected chi connectivity index (χ0v) is 21.1. The molecule has 0 aromatic heterocycles. The molecular weight excluding hydrogens is 590 g/mol. The van der Waals surface area contributed by atoms with E-state index in [2.05, 4.69) is 27.9 Å². The Hall–Kier alpha value is -3.44. The van der Waals surface area contributed by atoms with Gasteiger partial charge in [0.05, 0.1) is 16.4 Å². The van der Waals surface area contributed by atoms with Gasteiger partial charge in [0.2, 0.25) is 0 Å². The van der Waals surface area contributed by atoms with Crippen LogP contribution in [0.1, 0.15) is 11.1 Å². The van der Waals surface area contributed by atoms with E-state index >= 15 is 0 Å². The Balaban J connectivity index is 1.64. The molecule has 0 bridgehead atoms. The van der Waals surface area contributed by atoms with Crippen LogP contribution >= 0.6 is 34.2 Å². The number of rotatable bonds is 6. The maximum atomic E-state index is 14.3. The SMILES string of the molecule is COc1cc(/C=C2/C(=O)NC(=O)N(c3ccccc3F)C2=O)cc(I)c1OCc1ccc(Cl)cc1. The molecule has 4 rings (SSSR count). The third-order valence-electron chi connectivity index (χ3n) is 5.05. The molecule has 3 aromatic rings. The standard InChI is InChI=1S/C25H17ClFIN2O5/c1-34-21-12-15(11-19(28)22(21)35-13-14-6-8-16(26)9-7-14)10-17-23(31)29-25(33)30(24(17)32)20-5-3-2-4-18(20)27/h2-12H,13H2,1H3,(H,29,31,33)/b17-10-. The van der Waals surface area contributed by atoms with Crippen molar-refractivity contribution in [3.63, 3.8) is 0 Å². The van der Waals surface area contributed by atoms with E-state index in [-0.39, 0.29) is 17.9 Å². The molecule has 4 amide bonds. The predicted molar refractivity (Wildman–Crippen MR) is 137 cm³/mol. The van der Waals surface area contributed by atoms with Gasteiger partial charge in [0, 0.05) is 5.02 Å². The van der Waals surface area contributed by atoms with Crippen molar-refractivity contribution in [2.24, 2.45) is 0 Å². The zero-order valence-electron chi connectivity index (χ0n) is 18.2. The number of hydrogen-bond donors (Lipinski definition) is 1. The maximum absolute atomic E-state index is 14.3. The summed E-state index contributed by atoms with van der Waals surface area (Å²) in [4.78, 5) is 38.4. The Kier molecular flexibility index (Phi) is 7.37. The van der Waals surface area contributed by atoms with Gasteiger partial charge in [-0.15, -0.1) is 0 Å². The number of hydrogen-bond acceptors (Lipinski definition) is 5. The van der Waals surface area contributed by atoms with Gasteiger partial charge in [-0.2, -0.15) is 0 Å². The topological polar surface area (TPSA) is 84.9 Å². The second kappa shape index (κ2) is 10.4. The van der Waals surface area contributed by atoms with Crippen LogP contribution in [0.4, 0.5) is 14.9 Å². The number of carbonyl (C=O) groups excluding carboxylic acids is 3. The Bertz CT molecular complexity index is 1360. The van der Waals surface area contributed by atoms with Gasteiger partial charge in [-0.3, -0.25) is 14.9 Å².